The van der Waals surface area contributed by atoms with Gasteiger partial charge in [-0.2, -0.15) is 0 Å². The van der Waals surface area contributed by atoms with E-state index >= 15 is 0 Å². The lowest BCUT2D eigenvalue weighted by Crippen LogP contribution is -1.90. The number of nitrogen functional groups attached to an aromatic ring is 1. The molecule has 3 rings (SSSR count). The summed E-state index contributed by atoms with van der Waals surface area (Å²) in [4.78, 5) is 0. The summed E-state index contributed by atoms with van der Waals surface area (Å²) in [5.41, 5.74) is 9.76. The van der Waals surface area contributed by atoms with E-state index in [4.69, 9.17) is 10.3 Å². The van der Waals surface area contributed by atoms with Crippen LogP contribution in [0.2, 0.25) is 0 Å². The molecule has 17 heavy (non-hydrogen) atoms. The highest BCUT2D eigenvalue weighted by molar-refractivity contribution is 5.89. The van der Waals surface area contributed by atoms with Crippen molar-refractivity contribution in [2.24, 2.45) is 7.05 Å². The minimum atomic E-state index is 0.335. The van der Waals surface area contributed by atoms with Gasteiger partial charge in [-0.1, -0.05) is 17.3 Å². The predicted molar refractivity (Wildman–Crippen MR) is 67.6 cm³/mol. The normalized spacial score (nSPS) is 11.2. The molecule has 0 fully saturated rings. The molecule has 0 unspecified atom stereocenters. The van der Waals surface area contributed by atoms with Crippen LogP contribution in [0.3, 0.4) is 0 Å². The summed E-state index contributed by atoms with van der Waals surface area (Å²) < 4.78 is 7.01. The molecule has 2 aromatic heterocycles. The van der Waals surface area contributed by atoms with Crippen molar-refractivity contribution in [3.63, 3.8) is 0 Å². The molecule has 0 aliphatic heterocycles. The monoisotopic (exact) mass is 227 g/mol. The Labute approximate surface area is 98.6 Å². The van der Waals surface area contributed by atoms with E-state index in [0.717, 1.165) is 11.4 Å². The van der Waals surface area contributed by atoms with Crippen LogP contribution in [0, 0.1) is 6.92 Å². The lowest BCUT2D eigenvalue weighted by Gasteiger charge is -2.00. The number of nitrogens with two attached hydrogens (primary N) is 1. The zero-order valence-electron chi connectivity index (χ0n) is 9.77. The number of hydrogen-bond acceptors (Lipinski definition) is 3. The van der Waals surface area contributed by atoms with Gasteiger partial charge in [-0.05, 0) is 24.6 Å². The molecule has 0 bridgehead atoms. The van der Waals surface area contributed by atoms with Crippen LogP contribution >= 0.6 is 0 Å². The molecular weight excluding hydrogens is 214 g/mol. The van der Waals surface area contributed by atoms with Crippen molar-refractivity contribution < 1.29 is 4.52 Å². The molecule has 0 spiro atoms. The molecule has 2 N–H and O–H groups in total. The van der Waals surface area contributed by atoms with Crippen LogP contribution in [0.4, 0.5) is 5.88 Å². The Balaban J connectivity index is 2.31. The Kier molecular flexibility index (Phi) is 1.98. The van der Waals surface area contributed by atoms with Crippen LogP contribution < -0.4 is 5.73 Å². The van der Waals surface area contributed by atoms with Crippen molar-refractivity contribution >= 4 is 16.8 Å². The van der Waals surface area contributed by atoms with Crippen molar-refractivity contribution in [3.05, 3.63) is 35.9 Å². The second-order valence-corrected chi connectivity index (χ2v) is 4.21. The fourth-order valence-corrected chi connectivity index (χ4v) is 2.16. The number of benzene rings is 1. The molecule has 0 amide bonds. The van der Waals surface area contributed by atoms with E-state index in [2.05, 4.69) is 40.9 Å². The first-order valence-corrected chi connectivity index (χ1v) is 5.44. The molecule has 2 heterocycles. The summed E-state index contributed by atoms with van der Waals surface area (Å²) in [6.07, 6.45) is 0. The highest BCUT2D eigenvalue weighted by Crippen LogP contribution is 2.29. The van der Waals surface area contributed by atoms with E-state index in [-0.39, 0.29) is 0 Å². The molecule has 0 saturated carbocycles. The summed E-state index contributed by atoms with van der Waals surface area (Å²) in [7, 11) is 2.02. The molecule has 4 heteroatoms. The first-order chi connectivity index (χ1) is 8.16. The number of aromatic nitrogens is 2. The summed E-state index contributed by atoms with van der Waals surface area (Å²) in [5.74, 6) is 0.335. The molecule has 3 aromatic rings. The third kappa shape index (κ3) is 1.41. The molecule has 4 nitrogen and oxygen atoms in total. The maximum atomic E-state index is 5.55. The average molecular weight is 227 g/mol. The molecule has 0 atom stereocenters. The van der Waals surface area contributed by atoms with E-state index in [0.29, 0.717) is 5.88 Å². The van der Waals surface area contributed by atoms with Crippen LogP contribution in [0.15, 0.2) is 34.9 Å². The molecule has 0 aliphatic rings. The lowest BCUT2D eigenvalue weighted by atomic mass is 10.1. The highest BCUT2D eigenvalue weighted by atomic mass is 16.5. The van der Waals surface area contributed by atoms with Crippen molar-refractivity contribution in [1.29, 1.82) is 0 Å². The minimum Gasteiger partial charge on any atom is -0.368 e. The first-order valence-electron chi connectivity index (χ1n) is 5.44. The van der Waals surface area contributed by atoms with E-state index < -0.39 is 0 Å². The lowest BCUT2D eigenvalue weighted by molar-refractivity contribution is 0.439. The van der Waals surface area contributed by atoms with Gasteiger partial charge < -0.3 is 14.8 Å². The van der Waals surface area contributed by atoms with Gasteiger partial charge in [0.15, 0.2) is 0 Å². The summed E-state index contributed by atoms with van der Waals surface area (Å²) in [6.45, 7) is 2.10. The zero-order chi connectivity index (χ0) is 12.0. The fourth-order valence-electron chi connectivity index (χ4n) is 2.16. The summed E-state index contributed by atoms with van der Waals surface area (Å²) in [5, 5.41) is 5.18. The van der Waals surface area contributed by atoms with Crippen LogP contribution in [0.25, 0.3) is 22.3 Å². The Morgan fingerprint density at radius 1 is 1.29 bits per heavy atom. The van der Waals surface area contributed by atoms with E-state index in [1.165, 1.54) is 16.5 Å². The predicted octanol–water partition coefficient (Wildman–Crippen LogP) is 2.72. The second kappa shape index (κ2) is 3.38. The Hall–Kier alpha value is -2.23. The molecule has 1 aromatic carbocycles. The van der Waals surface area contributed by atoms with Crippen LogP contribution in [-0.2, 0) is 7.05 Å². The number of fused-ring (bicyclic) bond motifs is 1. The zero-order valence-corrected chi connectivity index (χ0v) is 9.77. The van der Waals surface area contributed by atoms with Gasteiger partial charge in [-0.15, -0.1) is 0 Å². The number of rotatable bonds is 1. The second-order valence-electron chi connectivity index (χ2n) is 4.21. The van der Waals surface area contributed by atoms with Gasteiger partial charge in [0.25, 0.3) is 0 Å². The Morgan fingerprint density at radius 3 is 2.76 bits per heavy atom. The number of anilines is 1. The number of aryl methyl sites for hydroxylation is 2. The summed E-state index contributed by atoms with van der Waals surface area (Å²) >= 11 is 0. The van der Waals surface area contributed by atoms with Gasteiger partial charge in [0, 0.05) is 24.0 Å². The largest absolute Gasteiger partial charge is 0.368 e. The quantitative estimate of drug-likeness (QED) is 0.695. The highest BCUT2D eigenvalue weighted by Gasteiger charge is 2.12. The van der Waals surface area contributed by atoms with Gasteiger partial charge in [0.2, 0.25) is 5.88 Å². The van der Waals surface area contributed by atoms with Crippen molar-refractivity contribution in [1.82, 2.24) is 9.72 Å². The maximum absolute atomic E-state index is 5.55. The number of hydrogen-bond donors (Lipinski definition) is 1. The van der Waals surface area contributed by atoms with Gasteiger partial charge in [0.05, 0.1) is 5.69 Å². The van der Waals surface area contributed by atoms with Crippen LogP contribution in [-0.4, -0.2) is 9.72 Å². The Morgan fingerprint density at radius 2 is 2.12 bits per heavy atom. The van der Waals surface area contributed by atoms with E-state index in [9.17, 15) is 0 Å². The molecule has 0 radical (unpaired) electrons. The van der Waals surface area contributed by atoms with Gasteiger partial charge in [-0.25, -0.2) is 0 Å². The molecule has 0 saturated heterocycles. The molecule has 0 aliphatic carbocycles. The van der Waals surface area contributed by atoms with Crippen molar-refractivity contribution in [3.8, 4) is 11.4 Å². The third-order valence-electron chi connectivity index (χ3n) is 3.10. The van der Waals surface area contributed by atoms with Crippen molar-refractivity contribution in [2.75, 3.05) is 5.73 Å². The van der Waals surface area contributed by atoms with Crippen molar-refractivity contribution in [2.45, 2.75) is 6.92 Å². The smallest absolute Gasteiger partial charge is 0.222 e. The van der Waals surface area contributed by atoms with E-state index in [1.807, 2.05) is 7.05 Å². The third-order valence-corrected chi connectivity index (χ3v) is 3.10. The topological polar surface area (TPSA) is 57.0 Å². The van der Waals surface area contributed by atoms with Crippen LogP contribution in [0.5, 0.6) is 0 Å². The standard InChI is InChI=1S/C13H13N3O/c1-8-4-3-5-11-9(8)6-12(16(11)2)10-7-13(14)17-15-10/h3-7H,14H2,1-2H3. The number of nitrogens with zero attached hydrogens (tertiary/aromatic N) is 2. The molecule has 86 valence electrons. The molecular formula is C13H13N3O. The summed E-state index contributed by atoms with van der Waals surface area (Å²) in [6, 6.07) is 10.1. The van der Waals surface area contributed by atoms with Gasteiger partial charge >= 0.3 is 0 Å². The van der Waals surface area contributed by atoms with Crippen LogP contribution in [0.1, 0.15) is 5.56 Å². The fraction of sp³-hybridized carbons (Fsp3) is 0.154. The van der Waals surface area contributed by atoms with Gasteiger partial charge in [-0.3, -0.25) is 0 Å². The van der Waals surface area contributed by atoms with Gasteiger partial charge in [0.1, 0.15) is 5.69 Å². The average Bonchev–Trinajstić information content (AvgIpc) is 2.85. The Bertz CT molecular complexity index is 694. The van der Waals surface area contributed by atoms with E-state index in [1.54, 1.807) is 6.07 Å². The first kappa shape index (κ1) is 9.96. The SMILES string of the molecule is Cc1cccc2c1cc(-c1cc(N)on1)n2C. The minimum absolute atomic E-state index is 0.335. The maximum Gasteiger partial charge on any atom is 0.222 e.